The molecule has 2 heterocycles. The van der Waals surface area contributed by atoms with Crippen LogP contribution in [0.25, 0.3) is 0 Å². The molecule has 2 aliphatic rings. The van der Waals surface area contributed by atoms with Gasteiger partial charge in [-0.15, -0.1) is 0 Å². The van der Waals surface area contributed by atoms with Crippen LogP contribution in [-0.4, -0.2) is 69.3 Å². The zero-order valence-corrected chi connectivity index (χ0v) is 14.7. The van der Waals surface area contributed by atoms with Crippen molar-refractivity contribution in [2.45, 2.75) is 18.9 Å². The molecule has 0 spiro atoms. The van der Waals surface area contributed by atoms with Crippen molar-refractivity contribution in [3.05, 3.63) is 17.7 Å². The van der Waals surface area contributed by atoms with Gasteiger partial charge in [-0.1, -0.05) is 0 Å². The van der Waals surface area contributed by atoms with Crippen LogP contribution in [0, 0.1) is 11.3 Å². The van der Waals surface area contributed by atoms with Crippen molar-refractivity contribution < 1.29 is 4.74 Å². The van der Waals surface area contributed by atoms with Gasteiger partial charge in [0.15, 0.2) is 0 Å². The highest BCUT2D eigenvalue weighted by atomic mass is 16.5. The van der Waals surface area contributed by atoms with Crippen molar-refractivity contribution in [1.29, 1.82) is 5.26 Å². The molecule has 0 atom stereocenters. The van der Waals surface area contributed by atoms with E-state index in [9.17, 15) is 5.26 Å². The first-order valence-electron chi connectivity index (χ1n) is 8.67. The summed E-state index contributed by atoms with van der Waals surface area (Å²) in [5.41, 5.74) is 7.89. The van der Waals surface area contributed by atoms with Gasteiger partial charge in [0.1, 0.15) is 11.8 Å². The summed E-state index contributed by atoms with van der Waals surface area (Å²) in [7, 11) is 3.85. The normalized spacial score (nSPS) is 20.8. The largest absolute Gasteiger partial charge is 0.495 e. The molecule has 6 heteroatoms. The lowest BCUT2D eigenvalue weighted by Crippen LogP contribution is -2.52. The second-order valence-corrected chi connectivity index (χ2v) is 6.78. The quantitative estimate of drug-likeness (QED) is 0.845. The average Bonchev–Trinajstić information content (AvgIpc) is 2.62. The lowest BCUT2D eigenvalue weighted by atomic mass is 10.0. The first-order valence-corrected chi connectivity index (χ1v) is 8.67. The van der Waals surface area contributed by atoms with Crippen molar-refractivity contribution in [3.8, 4) is 11.8 Å². The lowest BCUT2D eigenvalue weighted by molar-refractivity contribution is 0.0981. The molecule has 2 aliphatic heterocycles. The second kappa shape index (κ2) is 7.29. The van der Waals surface area contributed by atoms with Crippen molar-refractivity contribution >= 4 is 11.4 Å². The van der Waals surface area contributed by atoms with E-state index in [1.54, 1.807) is 13.2 Å². The molecule has 2 fully saturated rings. The van der Waals surface area contributed by atoms with Gasteiger partial charge in [0.25, 0.3) is 0 Å². The summed E-state index contributed by atoms with van der Waals surface area (Å²) in [6.07, 6.45) is 2.30. The molecular formula is C18H27N5O. The zero-order chi connectivity index (χ0) is 17.1. The maximum absolute atomic E-state index is 9.24. The molecule has 0 unspecified atom stereocenters. The van der Waals surface area contributed by atoms with E-state index in [4.69, 9.17) is 10.5 Å². The summed E-state index contributed by atoms with van der Waals surface area (Å²) in [6, 6.07) is 6.47. The van der Waals surface area contributed by atoms with Crippen molar-refractivity contribution in [1.82, 2.24) is 9.80 Å². The number of anilines is 2. The van der Waals surface area contributed by atoms with Gasteiger partial charge in [0.2, 0.25) is 0 Å². The molecule has 0 aliphatic carbocycles. The number of benzene rings is 1. The monoisotopic (exact) mass is 329 g/mol. The standard InChI is InChI=1S/C18H27N5O/c1-21-7-9-22(10-8-21)15-3-5-23(6-4-15)17-11-14(13-19)16(20)12-18(17)24-2/h11-12,15H,3-10,20H2,1-2H3. The van der Waals surface area contributed by atoms with Gasteiger partial charge in [0.05, 0.1) is 24.0 Å². The Hall–Kier alpha value is -1.97. The number of rotatable bonds is 3. The van der Waals surface area contributed by atoms with E-state index >= 15 is 0 Å². The molecule has 0 amide bonds. The Morgan fingerprint density at radius 2 is 1.79 bits per heavy atom. The number of piperidine rings is 1. The van der Waals surface area contributed by atoms with Gasteiger partial charge < -0.3 is 20.3 Å². The smallest absolute Gasteiger partial charge is 0.144 e. The molecule has 2 N–H and O–H groups in total. The molecule has 0 aromatic heterocycles. The topological polar surface area (TPSA) is 68.8 Å². The van der Waals surface area contributed by atoms with E-state index in [2.05, 4.69) is 27.8 Å². The van der Waals surface area contributed by atoms with Gasteiger partial charge in [-0.2, -0.15) is 5.26 Å². The summed E-state index contributed by atoms with van der Waals surface area (Å²) in [5, 5.41) is 9.24. The van der Waals surface area contributed by atoms with Crippen LogP contribution >= 0.6 is 0 Å². The van der Waals surface area contributed by atoms with Crippen LogP contribution in [0.1, 0.15) is 18.4 Å². The average molecular weight is 329 g/mol. The molecule has 0 saturated carbocycles. The van der Waals surface area contributed by atoms with Gasteiger partial charge >= 0.3 is 0 Å². The summed E-state index contributed by atoms with van der Waals surface area (Å²) in [5.74, 6) is 0.754. The number of hydrogen-bond donors (Lipinski definition) is 1. The maximum atomic E-state index is 9.24. The third-order valence-corrected chi connectivity index (χ3v) is 5.33. The van der Waals surface area contributed by atoms with Crippen LogP contribution < -0.4 is 15.4 Å². The van der Waals surface area contributed by atoms with Gasteiger partial charge in [-0.05, 0) is 26.0 Å². The highest BCUT2D eigenvalue weighted by molar-refractivity contribution is 5.70. The Morgan fingerprint density at radius 3 is 2.38 bits per heavy atom. The van der Waals surface area contributed by atoms with Crippen LogP contribution in [0.3, 0.4) is 0 Å². The molecule has 1 aromatic carbocycles. The highest BCUT2D eigenvalue weighted by Gasteiger charge is 2.28. The number of piperazine rings is 1. The Kier molecular flexibility index (Phi) is 5.12. The number of nitrogens with two attached hydrogens (primary N) is 1. The lowest BCUT2D eigenvalue weighted by Gasteiger charge is -2.42. The number of nitriles is 1. The summed E-state index contributed by atoms with van der Waals surface area (Å²) < 4.78 is 5.49. The second-order valence-electron chi connectivity index (χ2n) is 6.78. The van der Waals surface area contributed by atoms with Gasteiger partial charge in [0, 0.05) is 51.4 Å². The molecule has 2 saturated heterocycles. The molecule has 130 valence electrons. The third kappa shape index (κ3) is 3.42. The number of ether oxygens (including phenoxy) is 1. The number of nitrogens with zero attached hydrogens (tertiary/aromatic N) is 4. The molecule has 1 aromatic rings. The summed E-state index contributed by atoms with van der Waals surface area (Å²) in [6.45, 7) is 6.65. The van der Waals surface area contributed by atoms with Crippen molar-refractivity contribution in [3.63, 3.8) is 0 Å². The minimum absolute atomic E-state index is 0.477. The highest BCUT2D eigenvalue weighted by Crippen LogP contribution is 2.35. The van der Waals surface area contributed by atoms with E-state index < -0.39 is 0 Å². The van der Waals surface area contributed by atoms with E-state index in [1.165, 1.54) is 13.1 Å². The molecule has 0 radical (unpaired) electrons. The SMILES string of the molecule is COc1cc(N)c(C#N)cc1N1CCC(N2CCN(C)CC2)CC1. The van der Waals surface area contributed by atoms with Crippen molar-refractivity contribution in [2.24, 2.45) is 0 Å². The minimum Gasteiger partial charge on any atom is -0.495 e. The van der Waals surface area contributed by atoms with Crippen LogP contribution in [0.5, 0.6) is 5.75 Å². The number of likely N-dealkylation sites (N-methyl/N-ethyl adjacent to an activating group) is 1. The van der Waals surface area contributed by atoms with Gasteiger partial charge in [-0.25, -0.2) is 0 Å². The predicted molar refractivity (Wildman–Crippen MR) is 96.4 cm³/mol. The molecule has 3 rings (SSSR count). The maximum Gasteiger partial charge on any atom is 0.144 e. The van der Waals surface area contributed by atoms with E-state index in [0.717, 1.165) is 50.5 Å². The van der Waals surface area contributed by atoms with Crippen LogP contribution in [-0.2, 0) is 0 Å². The fourth-order valence-electron chi connectivity index (χ4n) is 3.75. The van der Waals surface area contributed by atoms with Crippen LogP contribution in [0.2, 0.25) is 0 Å². The predicted octanol–water partition coefficient (Wildman–Crippen LogP) is 1.37. The Labute approximate surface area is 144 Å². The summed E-state index contributed by atoms with van der Waals surface area (Å²) in [4.78, 5) is 7.36. The van der Waals surface area contributed by atoms with Crippen molar-refractivity contribution in [2.75, 3.05) is 64.1 Å². The van der Waals surface area contributed by atoms with Crippen LogP contribution in [0.15, 0.2) is 12.1 Å². The van der Waals surface area contributed by atoms with E-state index in [-0.39, 0.29) is 0 Å². The van der Waals surface area contributed by atoms with Crippen LogP contribution in [0.4, 0.5) is 11.4 Å². The fraction of sp³-hybridized carbons (Fsp3) is 0.611. The first-order chi connectivity index (χ1) is 11.6. The van der Waals surface area contributed by atoms with Gasteiger partial charge in [-0.3, -0.25) is 4.90 Å². The molecule has 24 heavy (non-hydrogen) atoms. The molecule has 6 nitrogen and oxygen atoms in total. The first kappa shape index (κ1) is 16.9. The number of hydrogen-bond acceptors (Lipinski definition) is 6. The Bertz CT molecular complexity index is 611. The molecular weight excluding hydrogens is 302 g/mol. The van der Waals surface area contributed by atoms with E-state index in [1.807, 2.05) is 6.07 Å². The molecule has 0 bridgehead atoms. The zero-order valence-electron chi connectivity index (χ0n) is 14.7. The fourth-order valence-corrected chi connectivity index (χ4v) is 3.75. The van der Waals surface area contributed by atoms with E-state index in [0.29, 0.717) is 17.3 Å². The number of nitrogen functional groups attached to an aromatic ring is 1. The minimum atomic E-state index is 0.477. The Balaban J connectivity index is 1.67. The summed E-state index contributed by atoms with van der Waals surface area (Å²) >= 11 is 0. The Morgan fingerprint density at radius 1 is 1.12 bits per heavy atom. The third-order valence-electron chi connectivity index (χ3n) is 5.33. The number of methoxy groups -OCH3 is 1.